The van der Waals surface area contributed by atoms with Gasteiger partial charge in [-0.3, -0.25) is 9.59 Å². The van der Waals surface area contributed by atoms with Crippen LogP contribution < -0.4 is 10.6 Å². The van der Waals surface area contributed by atoms with Gasteiger partial charge in [-0.25, -0.2) is 0 Å². The number of nitrogens with one attached hydrogen (secondary N) is 2. The van der Waals surface area contributed by atoms with Gasteiger partial charge in [-0.05, 0) is 33.6 Å². The van der Waals surface area contributed by atoms with Gasteiger partial charge in [-0.2, -0.15) is 0 Å². The molecule has 0 aromatic carbocycles. The molecule has 0 aromatic rings. The van der Waals surface area contributed by atoms with Crippen LogP contribution in [-0.2, 0) is 9.59 Å². The minimum absolute atomic E-state index is 0.0169. The number of rotatable bonds is 8. The molecule has 0 rings (SSSR count). The first-order valence-electron chi connectivity index (χ1n) is 6.16. The highest BCUT2D eigenvalue weighted by molar-refractivity contribution is 5.78. The van der Waals surface area contributed by atoms with Crippen molar-refractivity contribution in [2.24, 2.45) is 0 Å². The standard InChI is InChI=1S/C12H24N2O3/c1-9(2)14-12(17)6-4-5-11(16)13-8-7-10(3)15/h9-10,15H,4-8H2,1-3H3,(H,13,16)(H,14,17). The monoisotopic (exact) mass is 244 g/mol. The number of amides is 2. The van der Waals surface area contributed by atoms with Crippen LogP contribution >= 0.6 is 0 Å². The number of aliphatic hydroxyl groups is 1. The Morgan fingerprint density at radius 1 is 1.12 bits per heavy atom. The predicted molar refractivity (Wildman–Crippen MR) is 66.4 cm³/mol. The highest BCUT2D eigenvalue weighted by Crippen LogP contribution is 1.96. The first-order valence-corrected chi connectivity index (χ1v) is 6.16. The summed E-state index contributed by atoms with van der Waals surface area (Å²) in [7, 11) is 0. The lowest BCUT2D eigenvalue weighted by molar-refractivity contribution is -0.122. The molecule has 5 heteroatoms. The fourth-order valence-electron chi connectivity index (χ4n) is 1.31. The van der Waals surface area contributed by atoms with Crippen LogP contribution in [0.4, 0.5) is 0 Å². The molecule has 0 spiro atoms. The molecule has 3 N–H and O–H groups in total. The predicted octanol–water partition coefficient (Wildman–Crippen LogP) is 0.568. The summed E-state index contributed by atoms with van der Waals surface area (Å²) in [6.07, 6.45) is 1.44. The smallest absolute Gasteiger partial charge is 0.220 e. The highest BCUT2D eigenvalue weighted by atomic mass is 16.3. The number of hydrogen-bond donors (Lipinski definition) is 3. The zero-order valence-corrected chi connectivity index (χ0v) is 11.0. The molecule has 5 nitrogen and oxygen atoms in total. The molecule has 0 saturated carbocycles. The summed E-state index contributed by atoms with van der Waals surface area (Å²) < 4.78 is 0. The first-order chi connectivity index (χ1) is 7.91. The van der Waals surface area contributed by atoms with Gasteiger partial charge in [0.1, 0.15) is 0 Å². The van der Waals surface area contributed by atoms with E-state index in [1.807, 2.05) is 13.8 Å². The Hall–Kier alpha value is -1.10. The third-order valence-electron chi connectivity index (χ3n) is 2.14. The molecule has 0 saturated heterocycles. The number of aliphatic hydroxyl groups excluding tert-OH is 1. The Labute approximate surface area is 103 Å². The molecule has 0 aliphatic carbocycles. The van der Waals surface area contributed by atoms with Gasteiger partial charge in [0.25, 0.3) is 0 Å². The molecular weight excluding hydrogens is 220 g/mol. The van der Waals surface area contributed by atoms with Crippen LogP contribution in [0.25, 0.3) is 0 Å². The second kappa shape index (κ2) is 8.98. The number of hydrogen-bond acceptors (Lipinski definition) is 3. The molecule has 0 aromatic heterocycles. The lowest BCUT2D eigenvalue weighted by Crippen LogP contribution is -2.30. The normalized spacial score (nSPS) is 12.3. The van der Waals surface area contributed by atoms with Crippen molar-refractivity contribution in [3.63, 3.8) is 0 Å². The topological polar surface area (TPSA) is 78.4 Å². The van der Waals surface area contributed by atoms with Crippen molar-refractivity contribution in [1.82, 2.24) is 10.6 Å². The summed E-state index contributed by atoms with van der Waals surface area (Å²) in [6, 6.07) is 0.141. The zero-order valence-electron chi connectivity index (χ0n) is 11.0. The van der Waals surface area contributed by atoms with Gasteiger partial charge >= 0.3 is 0 Å². The maximum absolute atomic E-state index is 11.3. The summed E-state index contributed by atoms with van der Waals surface area (Å²) in [5.74, 6) is -0.0835. The molecule has 0 heterocycles. The van der Waals surface area contributed by atoms with E-state index in [1.165, 1.54) is 0 Å². The molecular formula is C12H24N2O3. The Bertz CT molecular complexity index is 240. The maximum Gasteiger partial charge on any atom is 0.220 e. The van der Waals surface area contributed by atoms with Gasteiger partial charge in [0.15, 0.2) is 0 Å². The Morgan fingerprint density at radius 3 is 2.24 bits per heavy atom. The van der Waals surface area contributed by atoms with Crippen LogP contribution in [0.5, 0.6) is 0 Å². The van der Waals surface area contributed by atoms with Gasteiger partial charge in [0, 0.05) is 25.4 Å². The lowest BCUT2D eigenvalue weighted by atomic mass is 10.2. The largest absolute Gasteiger partial charge is 0.393 e. The average Bonchev–Trinajstić information content (AvgIpc) is 2.15. The summed E-state index contributed by atoms with van der Waals surface area (Å²) in [4.78, 5) is 22.6. The van der Waals surface area contributed by atoms with Crippen LogP contribution in [0, 0.1) is 0 Å². The molecule has 0 radical (unpaired) electrons. The lowest BCUT2D eigenvalue weighted by Gasteiger charge is -2.08. The highest BCUT2D eigenvalue weighted by Gasteiger charge is 2.06. The first kappa shape index (κ1) is 15.9. The van der Waals surface area contributed by atoms with Gasteiger partial charge < -0.3 is 15.7 Å². The van der Waals surface area contributed by atoms with E-state index in [-0.39, 0.29) is 17.9 Å². The van der Waals surface area contributed by atoms with Crippen molar-refractivity contribution >= 4 is 11.8 Å². The number of carbonyl (C=O) groups excluding carboxylic acids is 2. The molecule has 0 aliphatic rings. The van der Waals surface area contributed by atoms with E-state index in [0.717, 1.165) is 0 Å². The van der Waals surface area contributed by atoms with Crippen LogP contribution in [0.2, 0.25) is 0 Å². The van der Waals surface area contributed by atoms with Gasteiger partial charge in [0.2, 0.25) is 11.8 Å². The quantitative estimate of drug-likeness (QED) is 0.584. The molecule has 17 heavy (non-hydrogen) atoms. The van der Waals surface area contributed by atoms with Crippen molar-refractivity contribution in [2.75, 3.05) is 6.54 Å². The Morgan fingerprint density at radius 2 is 1.71 bits per heavy atom. The summed E-state index contributed by atoms with van der Waals surface area (Å²) >= 11 is 0. The molecule has 0 aliphatic heterocycles. The fourth-order valence-corrected chi connectivity index (χ4v) is 1.31. The molecule has 100 valence electrons. The molecule has 0 fully saturated rings. The Kier molecular flexibility index (Phi) is 8.40. The van der Waals surface area contributed by atoms with Gasteiger partial charge in [-0.15, -0.1) is 0 Å². The SMILES string of the molecule is CC(O)CCNC(=O)CCCC(=O)NC(C)C. The van der Waals surface area contributed by atoms with Crippen molar-refractivity contribution in [3.8, 4) is 0 Å². The minimum Gasteiger partial charge on any atom is -0.393 e. The van der Waals surface area contributed by atoms with E-state index in [9.17, 15) is 9.59 Å². The van der Waals surface area contributed by atoms with Crippen molar-refractivity contribution in [1.29, 1.82) is 0 Å². The van der Waals surface area contributed by atoms with E-state index in [2.05, 4.69) is 10.6 Å². The average molecular weight is 244 g/mol. The van der Waals surface area contributed by atoms with E-state index >= 15 is 0 Å². The van der Waals surface area contributed by atoms with Gasteiger partial charge in [-0.1, -0.05) is 0 Å². The van der Waals surface area contributed by atoms with Crippen LogP contribution in [0.15, 0.2) is 0 Å². The van der Waals surface area contributed by atoms with Crippen LogP contribution in [0.1, 0.15) is 46.5 Å². The summed E-state index contributed by atoms with van der Waals surface area (Å²) in [6.45, 7) is 5.97. The number of carbonyl (C=O) groups is 2. The van der Waals surface area contributed by atoms with Crippen LogP contribution in [-0.4, -0.2) is 35.6 Å². The third-order valence-corrected chi connectivity index (χ3v) is 2.14. The van der Waals surface area contributed by atoms with E-state index < -0.39 is 6.10 Å². The second-order valence-corrected chi connectivity index (χ2v) is 4.56. The van der Waals surface area contributed by atoms with Crippen molar-refractivity contribution in [2.45, 2.75) is 58.6 Å². The second-order valence-electron chi connectivity index (χ2n) is 4.56. The van der Waals surface area contributed by atoms with Gasteiger partial charge in [0.05, 0.1) is 6.10 Å². The Balaban J connectivity index is 3.48. The zero-order chi connectivity index (χ0) is 13.3. The summed E-state index contributed by atoms with van der Waals surface area (Å²) in [5, 5.41) is 14.5. The third kappa shape index (κ3) is 11.2. The minimum atomic E-state index is -0.396. The molecule has 1 atom stereocenters. The fraction of sp³-hybridized carbons (Fsp3) is 0.833. The van der Waals surface area contributed by atoms with E-state index in [4.69, 9.17) is 5.11 Å². The summed E-state index contributed by atoms with van der Waals surface area (Å²) in [5.41, 5.74) is 0. The van der Waals surface area contributed by atoms with Crippen molar-refractivity contribution < 1.29 is 14.7 Å². The van der Waals surface area contributed by atoms with E-state index in [0.29, 0.717) is 32.2 Å². The van der Waals surface area contributed by atoms with Crippen molar-refractivity contribution in [3.05, 3.63) is 0 Å². The molecule has 2 amide bonds. The molecule has 0 bridgehead atoms. The molecule has 1 unspecified atom stereocenters. The van der Waals surface area contributed by atoms with Crippen LogP contribution in [0.3, 0.4) is 0 Å². The maximum atomic E-state index is 11.3. The van der Waals surface area contributed by atoms with E-state index in [1.54, 1.807) is 6.92 Å².